The number of benzene rings is 1. The van der Waals surface area contributed by atoms with Gasteiger partial charge in [0, 0.05) is 35.0 Å². The van der Waals surface area contributed by atoms with E-state index >= 15 is 0 Å². The zero-order valence-electron chi connectivity index (χ0n) is 16.4. The maximum Gasteiger partial charge on any atom is 0.192 e. The number of hydrogen-bond acceptors (Lipinski definition) is 5. The van der Waals surface area contributed by atoms with Crippen LogP contribution < -0.4 is 5.32 Å². The number of fused-ring (bicyclic) bond motifs is 1. The number of methoxy groups -OCH3 is 1. The first-order valence-corrected chi connectivity index (χ1v) is 9.80. The number of allylic oxidation sites excluding steroid dienone is 2. The summed E-state index contributed by atoms with van der Waals surface area (Å²) in [6.07, 6.45) is 11.6. The molecular weight excluding hydrogens is 383 g/mol. The van der Waals surface area contributed by atoms with E-state index in [1.807, 2.05) is 23.3 Å². The van der Waals surface area contributed by atoms with E-state index in [-0.39, 0.29) is 17.8 Å². The molecule has 0 spiro atoms. The van der Waals surface area contributed by atoms with E-state index in [0.29, 0.717) is 17.5 Å². The molecule has 1 saturated carbocycles. The maximum absolute atomic E-state index is 13.3. The number of nitrogens with zero attached hydrogens (tertiary/aromatic N) is 3. The first kappa shape index (κ1) is 18.4. The molecule has 1 fully saturated rings. The molecule has 1 aromatic heterocycles. The fourth-order valence-electron chi connectivity index (χ4n) is 3.65. The Kier molecular flexibility index (Phi) is 4.46. The van der Waals surface area contributed by atoms with Crippen LogP contribution in [0.3, 0.4) is 0 Å². The van der Waals surface area contributed by atoms with Gasteiger partial charge in [0.2, 0.25) is 0 Å². The Labute approximate surface area is 173 Å². The SMILES string of the molecule is COC(=NC(=N)C1=CNC2C=CC(c3cn[nH]c3-c3ccc(F)cc3)=CN12)C1CC1. The highest BCUT2D eigenvalue weighted by Gasteiger charge is 2.32. The van der Waals surface area contributed by atoms with Crippen molar-refractivity contribution in [1.29, 1.82) is 5.41 Å². The highest BCUT2D eigenvalue weighted by Crippen LogP contribution is 2.34. The molecule has 7 nitrogen and oxygen atoms in total. The average molecular weight is 404 g/mol. The number of aromatic amines is 1. The Morgan fingerprint density at radius 1 is 1.30 bits per heavy atom. The van der Waals surface area contributed by atoms with E-state index in [0.717, 1.165) is 35.2 Å². The van der Waals surface area contributed by atoms with Gasteiger partial charge in [-0.05, 0) is 43.2 Å². The largest absolute Gasteiger partial charge is 0.484 e. The predicted molar refractivity (Wildman–Crippen MR) is 113 cm³/mol. The summed E-state index contributed by atoms with van der Waals surface area (Å²) in [6.45, 7) is 0. The van der Waals surface area contributed by atoms with Crippen LogP contribution in [0.2, 0.25) is 0 Å². The number of H-pyrrole nitrogens is 1. The van der Waals surface area contributed by atoms with Gasteiger partial charge in [0.25, 0.3) is 0 Å². The molecule has 5 rings (SSSR count). The van der Waals surface area contributed by atoms with Gasteiger partial charge >= 0.3 is 0 Å². The molecule has 0 amide bonds. The molecule has 1 atom stereocenters. The maximum atomic E-state index is 13.3. The lowest BCUT2D eigenvalue weighted by molar-refractivity contribution is 0.386. The molecule has 3 heterocycles. The van der Waals surface area contributed by atoms with Gasteiger partial charge < -0.3 is 15.0 Å². The lowest BCUT2D eigenvalue weighted by atomic mass is 10.00. The van der Waals surface area contributed by atoms with Crippen molar-refractivity contribution in [1.82, 2.24) is 20.4 Å². The van der Waals surface area contributed by atoms with Gasteiger partial charge in [0.05, 0.1) is 19.0 Å². The number of aromatic nitrogens is 2. The summed E-state index contributed by atoms with van der Waals surface area (Å²) >= 11 is 0. The smallest absolute Gasteiger partial charge is 0.192 e. The van der Waals surface area contributed by atoms with Crippen molar-refractivity contribution < 1.29 is 9.13 Å². The molecule has 3 aliphatic rings. The molecular formula is C22H21FN6O. The van der Waals surface area contributed by atoms with Crippen molar-refractivity contribution in [2.45, 2.75) is 19.0 Å². The fraction of sp³-hybridized carbons (Fsp3) is 0.227. The molecule has 8 heteroatoms. The van der Waals surface area contributed by atoms with Crippen LogP contribution >= 0.6 is 0 Å². The van der Waals surface area contributed by atoms with Crippen molar-refractivity contribution in [2.24, 2.45) is 10.9 Å². The van der Waals surface area contributed by atoms with Crippen molar-refractivity contribution in [3.8, 4) is 11.3 Å². The minimum Gasteiger partial charge on any atom is -0.484 e. The fourth-order valence-corrected chi connectivity index (χ4v) is 3.65. The molecule has 3 N–H and O–H groups in total. The van der Waals surface area contributed by atoms with Crippen LogP contribution in [0.5, 0.6) is 0 Å². The number of ether oxygens (including phenoxy) is 1. The van der Waals surface area contributed by atoms with Crippen molar-refractivity contribution in [3.05, 3.63) is 72.1 Å². The zero-order valence-corrected chi connectivity index (χ0v) is 16.4. The summed E-state index contributed by atoms with van der Waals surface area (Å²) < 4.78 is 18.7. The Balaban J connectivity index is 1.44. The summed E-state index contributed by atoms with van der Waals surface area (Å²) in [5, 5.41) is 18.9. The first-order valence-electron chi connectivity index (χ1n) is 9.80. The third-order valence-corrected chi connectivity index (χ3v) is 5.39. The van der Waals surface area contributed by atoms with E-state index in [9.17, 15) is 4.39 Å². The third kappa shape index (κ3) is 3.30. The van der Waals surface area contributed by atoms with Gasteiger partial charge in [0.15, 0.2) is 11.7 Å². The summed E-state index contributed by atoms with van der Waals surface area (Å²) in [7, 11) is 1.60. The van der Waals surface area contributed by atoms with E-state index in [1.165, 1.54) is 12.1 Å². The van der Waals surface area contributed by atoms with E-state index < -0.39 is 0 Å². The topological polar surface area (TPSA) is 89.4 Å². The average Bonchev–Trinajstić information content (AvgIpc) is 3.33. The number of hydrogen-bond donors (Lipinski definition) is 3. The minimum atomic E-state index is -0.280. The van der Waals surface area contributed by atoms with Crippen molar-refractivity contribution in [3.63, 3.8) is 0 Å². The quantitative estimate of drug-likeness (QED) is 0.536. The van der Waals surface area contributed by atoms with Gasteiger partial charge in [-0.25, -0.2) is 4.39 Å². The standard InChI is InChI=1S/C22H21FN6O/c1-30-22(14-2-3-14)27-21(24)18-11-25-19-9-6-15(12-29(18)19)17-10-26-28-20(17)13-4-7-16(23)8-5-13/h4-12,14,19,24-25H,2-3H2,1H3,(H,26,28). The lowest BCUT2D eigenvalue weighted by Gasteiger charge is -2.27. The van der Waals surface area contributed by atoms with Crippen LogP contribution in [-0.2, 0) is 4.74 Å². The van der Waals surface area contributed by atoms with E-state index in [2.05, 4.69) is 20.5 Å². The highest BCUT2D eigenvalue weighted by molar-refractivity contribution is 6.04. The molecule has 0 saturated heterocycles. The molecule has 1 unspecified atom stereocenters. The second-order valence-electron chi connectivity index (χ2n) is 7.43. The Morgan fingerprint density at radius 3 is 2.83 bits per heavy atom. The highest BCUT2D eigenvalue weighted by atomic mass is 19.1. The van der Waals surface area contributed by atoms with Crippen LogP contribution in [0.25, 0.3) is 16.8 Å². The summed E-state index contributed by atoms with van der Waals surface area (Å²) in [5.74, 6) is 0.829. The summed E-state index contributed by atoms with van der Waals surface area (Å²) in [6, 6.07) is 6.30. The Bertz CT molecular complexity index is 1110. The Hall–Kier alpha value is -3.68. The van der Waals surface area contributed by atoms with Crippen LogP contribution in [0.1, 0.15) is 18.4 Å². The zero-order chi connectivity index (χ0) is 20.7. The van der Waals surface area contributed by atoms with Crippen LogP contribution in [-0.4, -0.2) is 40.1 Å². The van der Waals surface area contributed by atoms with Gasteiger partial charge in [0.1, 0.15) is 17.7 Å². The summed E-state index contributed by atoms with van der Waals surface area (Å²) in [5.41, 5.74) is 4.16. The van der Waals surface area contributed by atoms with Gasteiger partial charge in [-0.1, -0.05) is 6.08 Å². The van der Waals surface area contributed by atoms with Crippen LogP contribution in [0, 0.1) is 17.1 Å². The van der Waals surface area contributed by atoms with Gasteiger partial charge in [-0.2, -0.15) is 10.1 Å². The van der Waals surface area contributed by atoms with Crippen LogP contribution in [0.4, 0.5) is 4.39 Å². The molecule has 2 aliphatic heterocycles. The molecule has 30 heavy (non-hydrogen) atoms. The number of nitrogens with one attached hydrogen (secondary N) is 3. The number of halogens is 1. The van der Waals surface area contributed by atoms with Gasteiger partial charge in [-0.3, -0.25) is 10.5 Å². The molecule has 0 radical (unpaired) electrons. The number of amidine groups is 1. The third-order valence-electron chi connectivity index (χ3n) is 5.39. The van der Waals surface area contributed by atoms with Crippen molar-refractivity contribution >= 4 is 17.3 Å². The predicted octanol–water partition coefficient (Wildman–Crippen LogP) is 3.63. The lowest BCUT2D eigenvalue weighted by Crippen LogP contribution is -2.34. The molecule has 1 aliphatic carbocycles. The number of rotatable bonds is 4. The van der Waals surface area contributed by atoms with Crippen molar-refractivity contribution in [2.75, 3.05) is 7.11 Å². The van der Waals surface area contributed by atoms with E-state index in [4.69, 9.17) is 10.1 Å². The summed E-state index contributed by atoms with van der Waals surface area (Å²) in [4.78, 5) is 6.39. The molecule has 152 valence electrons. The van der Waals surface area contributed by atoms with E-state index in [1.54, 1.807) is 31.6 Å². The molecule has 1 aromatic carbocycles. The van der Waals surface area contributed by atoms with Crippen LogP contribution in [0.15, 0.2) is 65.7 Å². The Morgan fingerprint density at radius 2 is 2.10 bits per heavy atom. The van der Waals surface area contributed by atoms with Gasteiger partial charge in [-0.15, -0.1) is 0 Å². The monoisotopic (exact) mass is 404 g/mol. The minimum absolute atomic E-state index is 0.0765. The second-order valence-corrected chi connectivity index (χ2v) is 7.43. The second kappa shape index (κ2) is 7.29. The molecule has 2 aromatic rings. The first-order chi connectivity index (χ1) is 14.6. The molecule has 0 bridgehead atoms. The normalized spacial score (nSPS) is 20.4. The number of aliphatic imine (C=N–C) groups is 1.